The second-order valence-electron chi connectivity index (χ2n) is 3.55. The van der Waals surface area contributed by atoms with Gasteiger partial charge < -0.3 is 9.47 Å². The molecular formula is C12H20N2O2. The van der Waals surface area contributed by atoms with E-state index in [1.54, 1.807) is 7.11 Å². The van der Waals surface area contributed by atoms with E-state index >= 15 is 0 Å². The van der Waals surface area contributed by atoms with Crippen molar-refractivity contribution in [3.05, 3.63) is 29.8 Å². The third kappa shape index (κ3) is 2.95. The molecule has 1 aromatic rings. The topological polar surface area (TPSA) is 56.5 Å². The van der Waals surface area contributed by atoms with Crippen LogP contribution in [0.1, 0.15) is 25.5 Å². The van der Waals surface area contributed by atoms with E-state index < -0.39 is 0 Å². The van der Waals surface area contributed by atoms with Gasteiger partial charge in [-0.25, -0.2) is 0 Å². The van der Waals surface area contributed by atoms with Crippen LogP contribution in [0.2, 0.25) is 0 Å². The summed E-state index contributed by atoms with van der Waals surface area (Å²) in [4.78, 5) is 0. The number of benzene rings is 1. The highest BCUT2D eigenvalue weighted by Crippen LogP contribution is 2.27. The van der Waals surface area contributed by atoms with Crippen molar-refractivity contribution in [2.45, 2.75) is 26.0 Å². The second-order valence-corrected chi connectivity index (χ2v) is 3.55. The van der Waals surface area contributed by atoms with Crippen LogP contribution in [-0.2, 0) is 4.74 Å². The first kappa shape index (κ1) is 13.0. The molecule has 0 aromatic heterocycles. The largest absolute Gasteiger partial charge is 0.496 e. The number of methoxy groups -OCH3 is 1. The number of rotatable bonds is 6. The lowest BCUT2D eigenvalue weighted by atomic mass is 10.0. The molecule has 0 saturated carbocycles. The lowest BCUT2D eigenvalue weighted by Crippen LogP contribution is -2.36. The maximum absolute atomic E-state index is 5.57. The van der Waals surface area contributed by atoms with E-state index in [1.165, 1.54) is 0 Å². The fourth-order valence-electron chi connectivity index (χ4n) is 1.76. The molecular weight excluding hydrogens is 204 g/mol. The molecule has 0 fully saturated rings. The molecule has 4 heteroatoms. The summed E-state index contributed by atoms with van der Waals surface area (Å²) in [6.45, 7) is 4.61. The summed E-state index contributed by atoms with van der Waals surface area (Å²) in [6.07, 6.45) is -0.00806. The van der Waals surface area contributed by atoms with E-state index in [4.69, 9.17) is 15.3 Å². The lowest BCUT2D eigenvalue weighted by molar-refractivity contribution is 0.0466. The molecule has 16 heavy (non-hydrogen) atoms. The minimum Gasteiger partial charge on any atom is -0.496 e. The molecule has 0 aliphatic heterocycles. The predicted molar refractivity (Wildman–Crippen MR) is 64.1 cm³/mol. The summed E-state index contributed by atoms with van der Waals surface area (Å²) in [5.41, 5.74) is 3.78. The van der Waals surface area contributed by atoms with Crippen LogP contribution >= 0.6 is 0 Å². The molecule has 0 spiro atoms. The average molecular weight is 224 g/mol. The maximum Gasteiger partial charge on any atom is 0.123 e. The number of hydrogen-bond donors (Lipinski definition) is 2. The van der Waals surface area contributed by atoms with E-state index in [2.05, 4.69) is 5.43 Å². The average Bonchev–Trinajstić information content (AvgIpc) is 2.31. The van der Waals surface area contributed by atoms with E-state index in [0.29, 0.717) is 6.61 Å². The summed E-state index contributed by atoms with van der Waals surface area (Å²) in [7, 11) is 1.65. The lowest BCUT2D eigenvalue weighted by Gasteiger charge is -2.24. The Morgan fingerprint density at radius 1 is 1.38 bits per heavy atom. The second kappa shape index (κ2) is 6.48. The zero-order valence-corrected chi connectivity index (χ0v) is 10.1. The van der Waals surface area contributed by atoms with Crippen LogP contribution in [-0.4, -0.2) is 19.8 Å². The van der Waals surface area contributed by atoms with E-state index in [-0.39, 0.29) is 12.1 Å². The first-order chi connectivity index (χ1) is 7.74. The molecule has 1 aromatic carbocycles. The number of para-hydroxylation sites is 1. The van der Waals surface area contributed by atoms with Crippen molar-refractivity contribution < 1.29 is 9.47 Å². The minimum atomic E-state index is -0.0731. The van der Waals surface area contributed by atoms with Gasteiger partial charge in [0.25, 0.3) is 0 Å². The highest BCUT2D eigenvalue weighted by atomic mass is 16.5. The molecule has 1 rings (SSSR count). The number of nitrogens with one attached hydrogen (secondary N) is 1. The van der Waals surface area contributed by atoms with Gasteiger partial charge in [-0.3, -0.25) is 11.3 Å². The van der Waals surface area contributed by atoms with Crippen LogP contribution < -0.4 is 16.0 Å². The molecule has 0 aliphatic rings. The van der Waals surface area contributed by atoms with E-state index in [1.807, 2.05) is 38.1 Å². The van der Waals surface area contributed by atoms with Gasteiger partial charge in [-0.05, 0) is 19.9 Å². The van der Waals surface area contributed by atoms with Crippen LogP contribution in [0.4, 0.5) is 0 Å². The first-order valence-corrected chi connectivity index (χ1v) is 5.45. The van der Waals surface area contributed by atoms with Crippen LogP contribution in [0.3, 0.4) is 0 Å². The van der Waals surface area contributed by atoms with Gasteiger partial charge in [0.1, 0.15) is 5.75 Å². The fourth-order valence-corrected chi connectivity index (χ4v) is 1.76. The van der Waals surface area contributed by atoms with Gasteiger partial charge >= 0.3 is 0 Å². The summed E-state index contributed by atoms with van der Waals surface area (Å²) in [5.74, 6) is 6.39. The van der Waals surface area contributed by atoms with Crippen molar-refractivity contribution in [3.63, 3.8) is 0 Å². The van der Waals surface area contributed by atoms with Crippen molar-refractivity contribution in [2.24, 2.45) is 5.84 Å². The normalized spacial score (nSPS) is 14.5. The molecule has 0 radical (unpaired) electrons. The Labute approximate surface area is 96.7 Å². The van der Waals surface area contributed by atoms with Crippen molar-refractivity contribution in [3.8, 4) is 5.75 Å². The molecule has 3 N–H and O–H groups in total. The summed E-state index contributed by atoms with van der Waals surface area (Å²) < 4.78 is 10.9. The third-order valence-corrected chi connectivity index (χ3v) is 2.55. The Morgan fingerprint density at radius 2 is 2.06 bits per heavy atom. The van der Waals surface area contributed by atoms with Crippen LogP contribution in [0, 0.1) is 0 Å². The number of nitrogens with two attached hydrogens (primary N) is 1. The van der Waals surface area contributed by atoms with Gasteiger partial charge in [-0.2, -0.15) is 0 Å². The Balaban J connectivity index is 2.93. The number of hydrogen-bond acceptors (Lipinski definition) is 4. The number of hydrazine groups is 1. The minimum absolute atomic E-state index is 0.00806. The maximum atomic E-state index is 5.57. The quantitative estimate of drug-likeness (QED) is 0.569. The van der Waals surface area contributed by atoms with Crippen molar-refractivity contribution in [2.75, 3.05) is 13.7 Å². The van der Waals surface area contributed by atoms with Gasteiger partial charge in [0.2, 0.25) is 0 Å². The van der Waals surface area contributed by atoms with Crippen LogP contribution in [0.15, 0.2) is 24.3 Å². The predicted octanol–water partition coefficient (Wildman–Crippen LogP) is 1.62. The molecule has 0 saturated heterocycles. The van der Waals surface area contributed by atoms with E-state index in [9.17, 15) is 0 Å². The van der Waals surface area contributed by atoms with Crippen molar-refractivity contribution in [1.82, 2.24) is 5.43 Å². The Kier molecular flexibility index (Phi) is 5.25. The monoisotopic (exact) mass is 224 g/mol. The van der Waals surface area contributed by atoms with E-state index in [0.717, 1.165) is 11.3 Å². The smallest absolute Gasteiger partial charge is 0.123 e. The SMILES string of the molecule is CCOC(C)C(NN)c1ccccc1OC. The first-order valence-electron chi connectivity index (χ1n) is 5.45. The Morgan fingerprint density at radius 3 is 2.62 bits per heavy atom. The van der Waals surface area contributed by atoms with Gasteiger partial charge in [0.05, 0.1) is 19.3 Å². The van der Waals surface area contributed by atoms with Crippen molar-refractivity contribution in [1.29, 1.82) is 0 Å². The van der Waals surface area contributed by atoms with Gasteiger partial charge in [-0.15, -0.1) is 0 Å². The summed E-state index contributed by atoms with van der Waals surface area (Å²) >= 11 is 0. The van der Waals surface area contributed by atoms with Gasteiger partial charge in [-0.1, -0.05) is 18.2 Å². The summed E-state index contributed by atoms with van der Waals surface area (Å²) in [5, 5.41) is 0. The number of ether oxygens (including phenoxy) is 2. The Bertz CT molecular complexity index is 318. The Hall–Kier alpha value is -1.10. The third-order valence-electron chi connectivity index (χ3n) is 2.55. The molecule has 0 aliphatic carbocycles. The fraction of sp³-hybridized carbons (Fsp3) is 0.500. The van der Waals surface area contributed by atoms with Crippen molar-refractivity contribution >= 4 is 0 Å². The van der Waals surface area contributed by atoms with Gasteiger partial charge in [0, 0.05) is 12.2 Å². The zero-order chi connectivity index (χ0) is 12.0. The standard InChI is InChI=1S/C12H20N2O2/c1-4-16-9(2)12(14-13)10-7-5-6-8-11(10)15-3/h5-9,12,14H,4,13H2,1-3H3. The summed E-state index contributed by atoms with van der Waals surface area (Å²) in [6, 6.07) is 7.72. The van der Waals surface area contributed by atoms with Crippen LogP contribution in [0.5, 0.6) is 5.75 Å². The molecule has 2 unspecified atom stereocenters. The zero-order valence-electron chi connectivity index (χ0n) is 10.1. The van der Waals surface area contributed by atoms with Crippen LogP contribution in [0.25, 0.3) is 0 Å². The molecule has 0 heterocycles. The molecule has 90 valence electrons. The molecule has 2 atom stereocenters. The highest BCUT2D eigenvalue weighted by molar-refractivity contribution is 5.36. The highest BCUT2D eigenvalue weighted by Gasteiger charge is 2.21. The molecule has 4 nitrogen and oxygen atoms in total. The molecule has 0 amide bonds. The molecule has 0 bridgehead atoms. The van der Waals surface area contributed by atoms with Gasteiger partial charge in [0.15, 0.2) is 0 Å².